The largest absolute Gasteiger partial charge is 0.332 e. The molecule has 1 fully saturated rings. The number of hydrogen-bond acceptors (Lipinski definition) is 3. The first-order valence-electron chi connectivity index (χ1n) is 6.73. The van der Waals surface area contributed by atoms with Crippen LogP contribution in [0.25, 0.3) is 0 Å². The number of piperidine rings is 1. The van der Waals surface area contributed by atoms with E-state index >= 15 is 0 Å². The summed E-state index contributed by atoms with van der Waals surface area (Å²) in [5, 5.41) is 0. The van der Waals surface area contributed by atoms with Crippen LogP contribution < -0.4 is 0 Å². The number of carbonyl (C=O) groups excluding carboxylic acids is 1. The van der Waals surface area contributed by atoms with Crippen LogP contribution in [-0.2, 0) is 4.79 Å². The Morgan fingerprint density at radius 2 is 2.00 bits per heavy atom. The molecule has 1 aromatic heterocycles. The van der Waals surface area contributed by atoms with Gasteiger partial charge in [0.15, 0.2) is 5.82 Å². The molecule has 0 aromatic carbocycles. The van der Waals surface area contributed by atoms with Crippen LogP contribution in [0.4, 0.5) is 0 Å². The fourth-order valence-corrected chi connectivity index (χ4v) is 2.60. The van der Waals surface area contributed by atoms with Gasteiger partial charge in [-0.15, -0.1) is 0 Å². The maximum absolute atomic E-state index is 12.0. The minimum absolute atomic E-state index is 0.0739. The minimum Gasteiger partial charge on any atom is -0.332 e. The molecular formula is C14H21N3O. The van der Waals surface area contributed by atoms with E-state index < -0.39 is 0 Å². The normalized spacial score (nSPS) is 19.9. The fourth-order valence-electron chi connectivity index (χ4n) is 2.60. The van der Waals surface area contributed by atoms with E-state index in [0.717, 1.165) is 43.0 Å². The van der Waals surface area contributed by atoms with Crippen molar-refractivity contribution in [3.63, 3.8) is 0 Å². The van der Waals surface area contributed by atoms with Gasteiger partial charge in [0.1, 0.15) is 0 Å². The lowest BCUT2D eigenvalue weighted by atomic mass is 10.0. The number of aryl methyl sites for hydroxylation is 2. The van der Waals surface area contributed by atoms with Crippen LogP contribution in [-0.4, -0.2) is 27.3 Å². The smallest absolute Gasteiger partial charge is 0.222 e. The molecule has 18 heavy (non-hydrogen) atoms. The Labute approximate surface area is 108 Å². The van der Waals surface area contributed by atoms with Gasteiger partial charge in [-0.2, -0.15) is 0 Å². The van der Waals surface area contributed by atoms with E-state index in [-0.39, 0.29) is 11.9 Å². The Kier molecular flexibility index (Phi) is 3.94. The van der Waals surface area contributed by atoms with Crippen LogP contribution in [0.2, 0.25) is 0 Å². The quantitative estimate of drug-likeness (QED) is 0.807. The summed E-state index contributed by atoms with van der Waals surface area (Å²) in [6.07, 6.45) is 3.78. The van der Waals surface area contributed by atoms with Crippen molar-refractivity contribution in [2.45, 2.75) is 52.5 Å². The third-order valence-electron chi connectivity index (χ3n) is 3.42. The van der Waals surface area contributed by atoms with Gasteiger partial charge in [0, 0.05) is 24.4 Å². The summed E-state index contributed by atoms with van der Waals surface area (Å²) in [5.41, 5.74) is 1.96. The summed E-state index contributed by atoms with van der Waals surface area (Å²) >= 11 is 0. The maximum atomic E-state index is 12.0. The van der Waals surface area contributed by atoms with Gasteiger partial charge in [0.25, 0.3) is 0 Å². The molecule has 0 saturated carbocycles. The number of nitrogens with zero attached hydrogens (tertiary/aromatic N) is 3. The molecule has 1 amide bonds. The van der Waals surface area contributed by atoms with Gasteiger partial charge in [-0.3, -0.25) is 4.79 Å². The molecule has 0 N–H and O–H groups in total. The second kappa shape index (κ2) is 5.46. The molecule has 1 saturated heterocycles. The number of rotatable bonds is 2. The monoisotopic (exact) mass is 247 g/mol. The summed E-state index contributed by atoms with van der Waals surface area (Å²) in [6.45, 7) is 6.71. The van der Waals surface area contributed by atoms with Crippen molar-refractivity contribution in [1.29, 1.82) is 0 Å². The number of carbonyl (C=O) groups is 1. The molecule has 1 aliphatic rings. The van der Waals surface area contributed by atoms with E-state index in [9.17, 15) is 4.79 Å². The molecule has 2 heterocycles. The second-order valence-corrected chi connectivity index (χ2v) is 4.96. The molecule has 0 bridgehead atoms. The van der Waals surface area contributed by atoms with Gasteiger partial charge in [-0.25, -0.2) is 9.97 Å². The summed E-state index contributed by atoms with van der Waals surface area (Å²) in [7, 11) is 0. The van der Waals surface area contributed by atoms with Crippen LogP contribution in [0.1, 0.15) is 55.9 Å². The third-order valence-corrected chi connectivity index (χ3v) is 3.42. The van der Waals surface area contributed by atoms with Crippen LogP contribution >= 0.6 is 0 Å². The maximum Gasteiger partial charge on any atom is 0.222 e. The van der Waals surface area contributed by atoms with E-state index in [2.05, 4.69) is 9.97 Å². The molecule has 0 radical (unpaired) electrons. The van der Waals surface area contributed by atoms with E-state index in [1.165, 1.54) is 0 Å². The molecule has 4 heteroatoms. The van der Waals surface area contributed by atoms with Crippen LogP contribution in [0.15, 0.2) is 6.07 Å². The van der Waals surface area contributed by atoms with Gasteiger partial charge in [0.2, 0.25) is 5.91 Å². The average Bonchev–Trinajstić information content (AvgIpc) is 2.36. The first kappa shape index (κ1) is 13.0. The van der Waals surface area contributed by atoms with E-state index in [4.69, 9.17) is 0 Å². The molecule has 1 aliphatic heterocycles. The average molecular weight is 247 g/mol. The number of hydrogen-bond donors (Lipinski definition) is 0. The zero-order chi connectivity index (χ0) is 13.1. The van der Waals surface area contributed by atoms with Crippen molar-refractivity contribution >= 4 is 5.91 Å². The van der Waals surface area contributed by atoms with Crippen molar-refractivity contribution in [2.75, 3.05) is 6.54 Å². The summed E-state index contributed by atoms with van der Waals surface area (Å²) in [6, 6.07) is 2.04. The lowest BCUT2D eigenvalue weighted by Crippen LogP contribution is -2.39. The molecule has 0 aliphatic carbocycles. The summed E-state index contributed by atoms with van der Waals surface area (Å²) in [4.78, 5) is 23.0. The Balaban J connectivity index is 2.30. The molecule has 1 unspecified atom stereocenters. The molecule has 1 atom stereocenters. The van der Waals surface area contributed by atoms with Crippen molar-refractivity contribution in [2.24, 2.45) is 0 Å². The van der Waals surface area contributed by atoms with Crippen LogP contribution in [0.3, 0.4) is 0 Å². The molecule has 1 aromatic rings. The lowest BCUT2D eigenvalue weighted by Gasteiger charge is -2.34. The Hall–Kier alpha value is -1.45. The molecular weight excluding hydrogens is 226 g/mol. The first-order chi connectivity index (χ1) is 8.61. The molecule has 2 rings (SSSR count). The number of aromatic nitrogens is 2. The molecule has 98 valence electrons. The van der Waals surface area contributed by atoms with Gasteiger partial charge >= 0.3 is 0 Å². The van der Waals surface area contributed by atoms with Gasteiger partial charge in [-0.05, 0) is 39.2 Å². The first-order valence-corrected chi connectivity index (χ1v) is 6.73. The van der Waals surface area contributed by atoms with Crippen LogP contribution in [0, 0.1) is 13.8 Å². The SMILES string of the molecule is CCC(=O)N1CCCCC1c1nc(C)cc(C)n1. The predicted octanol–water partition coefficient (Wildman–Crippen LogP) is 2.56. The van der Waals surface area contributed by atoms with Crippen molar-refractivity contribution < 1.29 is 4.79 Å². The highest BCUT2D eigenvalue weighted by atomic mass is 16.2. The van der Waals surface area contributed by atoms with Gasteiger partial charge in [-0.1, -0.05) is 6.92 Å². The Morgan fingerprint density at radius 1 is 1.33 bits per heavy atom. The molecule has 4 nitrogen and oxygen atoms in total. The fraction of sp³-hybridized carbons (Fsp3) is 0.643. The van der Waals surface area contributed by atoms with E-state index in [1.807, 2.05) is 31.7 Å². The Bertz CT molecular complexity index is 424. The number of likely N-dealkylation sites (tertiary alicyclic amines) is 1. The van der Waals surface area contributed by atoms with E-state index in [0.29, 0.717) is 6.42 Å². The highest BCUT2D eigenvalue weighted by Crippen LogP contribution is 2.29. The zero-order valence-corrected chi connectivity index (χ0v) is 11.4. The minimum atomic E-state index is 0.0739. The van der Waals surface area contributed by atoms with Crippen molar-refractivity contribution in [1.82, 2.24) is 14.9 Å². The van der Waals surface area contributed by atoms with Gasteiger partial charge in [0.05, 0.1) is 6.04 Å². The topological polar surface area (TPSA) is 46.1 Å². The zero-order valence-electron chi connectivity index (χ0n) is 11.4. The highest BCUT2D eigenvalue weighted by molar-refractivity contribution is 5.76. The van der Waals surface area contributed by atoms with Gasteiger partial charge < -0.3 is 4.90 Å². The highest BCUT2D eigenvalue weighted by Gasteiger charge is 2.29. The number of amides is 1. The summed E-state index contributed by atoms with van der Waals surface area (Å²) < 4.78 is 0. The third kappa shape index (κ3) is 2.68. The lowest BCUT2D eigenvalue weighted by molar-refractivity contribution is -0.134. The molecule has 0 spiro atoms. The second-order valence-electron chi connectivity index (χ2n) is 4.96. The van der Waals surface area contributed by atoms with Crippen molar-refractivity contribution in [3.8, 4) is 0 Å². The van der Waals surface area contributed by atoms with E-state index in [1.54, 1.807) is 0 Å². The Morgan fingerprint density at radius 3 is 2.61 bits per heavy atom. The van der Waals surface area contributed by atoms with Crippen LogP contribution in [0.5, 0.6) is 0 Å². The standard InChI is InChI=1S/C14H21N3O/c1-4-13(18)17-8-6-5-7-12(17)14-15-10(2)9-11(3)16-14/h9,12H,4-8H2,1-3H3. The van der Waals surface area contributed by atoms with Crippen molar-refractivity contribution in [3.05, 3.63) is 23.3 Å². The summed E-state index contributed by atoms with van der Waals surface area (Å²) in [5.74, 6) is 1.02. The predicted molar refractivity (Wildman–Crippen MR) is 70.1 cm³/mol.